The van der Waals surface area contributed by atoms with Gasteiger partial charge >= 0.3 is 0 Å². The van der Waals surface area contributed by atoms with Crippen LogP contribution in [0.2, 0.25) is 10.0 Å². The van der Waals surface area contributed by atoms with Crippen molar-refractivity contribution in [3.8, 4) is 23.0 Å². The van der Waals surface area contributed by atoms with Crippen LogP contribution >= 0.6 is 23.2 Å². The second-order valence-electron chi connectivity index (χ2n) is 4.03. The summed E-state index contributed by atoms with van der Waals surface area (Å²) in [6.07, 6.45) is 1.61. The molecular formula is C13H8Cl2N4O. The lowest BCUT2D eigenvalue weighted by atomic mass is 10.2. The summed E-state index contributed by atoms with van der Waals surface area (Å²) >= 11 is 12.0. The fraction of sp³-hybridized carbons (Fsp3) is 0. The van der Waals surface area contributed by atoms with Crippen LogP contribution in [0.25, 0.3) is 23.0 Å². The Bertz CT molecular complexity index is 752. The molecule has 3 rings (SSSR count). The molecule has 0 bridgehead atoms. The van der Waals surface area contributed by atoms with Gasteiger partial charge in [0.25, 0.3) is 5.89 Å². The van der Waals surface area contributed by atoms with Gasteiger partial charge in [-0.2, -0.15) is 4.98 Å². The first-order valence-corrected chi connectivity index (χ1v) is 6.40. The predicted molar refractivity (Wildman–Crippen MR) is 77.4 cm³/mol. The van der Waals surface area contributed by atoms with Gasteiger partial charge < -0.3 is 10.3 Å². The van der Waals surface area contributed by atoms with Crippen LogP contribution in [-0.4, -0.2) is 15.1 Å². The molecule has 0 spiro atoms. The van der Waals surface area contributed by atoms with Gasteiger partial charge in [-0.05, 0) is 30.3 Å². The van der Waals surface area contributed by atoms with Gasteiger partial charge in [-0.15, -0.1) is 0 Å². The first-order chi connectivity index (χ1) is 9.63. The van der Waals surface area contributed by atoms with E-state index < -0.39 is 0 Å². The number of pyridine rings is 1. The molecule has 0 amide bonds. The summed E-state index contributed by atoms with van der Waals surface area (Å²) in [5.74, 6) is 0.611. The van der Waals surface area contributed by atoms with Crippen LogP contribution < -0.4 is 5.73 Å². The van der Waals surface area contributed by atoms with Crippen molar-refractivity contribution in [3.63, 3.8) is 0 Å². The monoisotopic (exact) mass is 306 g/mol. The largest absolute Gasteiger partial charge is 0.399 e. The minimum absolute atomic E-state index is 0.302. The highest BCUT2D eigenvalue weighted by Crippen LogP contribution is 2.28. The zero-order chi connectivity index (χ0) is 14.1. The van der Waals surface area contributed by atoms with Crippen molar-refractivity contribution < 1.29 is 4.52 Å². The molecule has 5 nitrogen and oxygen atoms in total. The molecule has 2 N–H and O–H groups in total. The summed E-state index contributed by atoms with van der Waals surface area (Å²) in [4.78, 5) is 8.38. The summed E-state index contributed by atoms with van der Waals surface area (Å²) in [6, 6.07) is 8.46. The molecule has 0 aliphatic carbocycles. The second kappa shape index (κ2) is 5.11. The molecule has 0 atom stereocenters. The van der Waals surface area contributed by atoms with E-state index in [0.29, 0.717) is 38.7 Å². The molecule has 0 unspecified atom stereocenters. The second-order valence-corrected chi connectivity index (χ2v) is 4.87. The summed E-state index contributed by atoms with van der Waals surface area (Å²) in [5, 5.41) is 4.81. The minimum atomic E-state index is 0.302. The van der Waals surface area contributed by atoms with Crippen molar-refractivity contribution in [1.29, 1.82) is 0 Å². The molecule has 7 heteroatoms. The number of rotatable bonds is 2. The SMILES string of the molecule is Nc1cc(Cl)cc(-c2nc(-c3ncccc3Cl)no2)c1. The van der Waals surface area contributed by atoms with Crippen LogP contribution in [0.15, 0.2) is 41.1 Å². The zero-order valence-corrected chi connectivity index (χ0v) is 11.6. The number of anilines is 1. The maximum Gasteiger partial charge on any atom is 0.258 e. The Kier molecular flexibility index (Phi) is 3.30. The Balaban J connectivity index is 2.04. The molecule has 0 saturated heterocycles. The van der Waals surface area contributed by atoms with Crippen molar-refractivity contribution in [2.24, 2.45) is 0 Å². The summed E-state index contributed by atoms with van der Waals surface area (Å²) in [7, 11) is 0. The molecule has 0 aliphatic heterocycles. The molecule has 1 aromatic carbocycles. The van der Waals surface area contributed by atoms with E-state index in [-0.39, 0.29) is 0 Å². The molecule has 2 heterocycles. The molecular weight excluding hydrogens is 299 g/mol. The number of hydrogen-bond donors (Lipinski definition) is 1. The van der Waals surface area contributed by atoms with Crippen molar-refractivity contribution in [1.82, 2.24) is 15.1 Å². The van der Waals surface area contributed by atoms with Crippen molar-refractivity contribution >= 4 is 28.9 Å². The van der Waals surface area contributed by atoms with Gasteiger partial charge in [0, 0.05) is 22.5 Å². The van der Waals surface area contributed by atoms with E-state index in [1.54, 1.807) is 36.5 Å². The van der Waals surface area contributed by atoms with E-state index in [4.69, 9.17) is 33.5 Å². The molecule has 20 heavy (non-hydrogen) atoms. The molecule has 0 aliphatic rings. The molecule has 0 fully saturated rings. The van der Waals surface area contributed by atoms with E-state index in [1.165, 1.54) is 0 Å². The quantitative estimate of drug-likeness (QED) is 0.731. The minimum Gasteiger partial charge on any atom is -0.399 e. The standard InChI is InChI=1S/C13H8Cl2N4O/c14-8-4-7(5-9(16)6-8)13-18-12(19-20-13)11-10(15)2-1-3-17-11/h1-6H,16H2. The molecule has 0 radical (unpaired) electrons. The van der Waals surface area contributed by atoms with Gasteiger partial charge in [0.15, 0.2) is 0 Å². The topological polar surface area (TPSA) is 77.8 Å². The number of nitrogens with zero attached hydrogens (tertiary/aromatic N) is 3. The predicted octanol–water partition coefficient (Wildman–Crippen LogP) is 3.69. The summed E-state index contributed by atoms with van der Waals surface area (Å²) < 4.78 is 5.20. The van der Waals surface area contributed by atoms with Crippen LogP contribution in [0.4, 0.5) is 5.69 Å². The highest BCUT2D eigenvalue weighted by atomic mass is 35.5. The third-order valence-electron chi connectivity index (χ3n) is 2.56. The number of halogens is 2. The number of hydrogen-bond acceptors (Lipinski definition) is 5. The average Bonchev–Trinajstić information content (AvgIpc) is 2.87. The zero-order valence-electron chi connectivity index (χ0n) is 10.0. The van der Waals surface area contributed by atoms with Crippen molar-refractivity contribution in [2.45, 2.75) is 0 Å². The van der Waals surface area contributed by atoms with E-state index in [1.807, 2.05) is 0 Å². The maximum absolute atomic E-state index is 6.04. The number of benzene rings is 1. The Morgan fingerprint density at radius 1 is 1.15 bits per heavy atom. The molecule has 100 valence electrons. The van der Waals surface area contributed by atoms with E-state index in [2.05, 4.69) is 15.1 Å². The Labute approximate surface area is 124 Å². The van der Waals surface area contributed by atoms with Crippen molar-refractivity contribution in [2.75, 3.05) is 5.73 Å². The lowest BCUT2D eigenvalue weighted by Gasteiger charge is -1.98. The van der Waals surface area contributed by atoms with Gasteiger partial charge in [-0.25, -0.2) is 0 Å². The Morgan fingerprint density at radius 3 is 2.75 bits per heavy atom. The molecule has 0 saturated carbocycles. The van der Waals surface area contributed by atoms with Crippen LogP contribution in [0, 0.1) is 0 Å². The van der Waals surface area contributed by atoms with Gasteiger partial charge in [0.1, 0.15) is 5.69 Å². The molecule has 2 aromatic heterocycles. The Hall–Kier alpha value is -2.11. The van der Waals surface area contributed by atoms with E-state index >= 15 is 0 Å². The fourth-order valence-electron chi connectivity index (χ4n) is 1.72. The first-order valence-electron chi connectivity index (χ1n) is 5.64. The highest BCUT2D eigenvalue weighted by Gasteiger charge is 2.14. The van der Waals surface area contributed by atoms with Gasteiger partial charge in [0.05, 0.1) is 5.02 Å². The van der Waals surface area contributed by atoms with E-state index in [9.17, 15) is 0 Å². The normalized spacial score (nSPS) is 10.7. The highest BCUT2D eigenvalue weighted by molar-refractivity contribution is 6.32. The lowest BCUT2D eigenvalue weighted by Crippen LogP contribution is -1.88. The van der Waals surface area contributed by atoms with Crippen LogP contribution in [-0.2, 0) is 0 Å². The van der Waals surface area contributed by atoms with Crippen LogP contribution in [0.5, 0.6) is 0 Å². The van der Waals surface area contributed by atoms with Gasteiger partial charge in [-0.1, -0.05) is 28.4 Å². The molecule has 3 aromatic rings. The van der Waals surface area contributed by atoms with Gasteiger partial charge in [0.2, 0.25) is 5.82 Å². The first kappa shape index (κ1) is 12.9. The third-order valence-corrected chi connectivity index (χ3v) is 3.09. The smallest absolute Gasteiger partial charge is 0.258 e. The van der Waals surface area contributed by atoms with Gasteiger partial charge in [-0.3, -0.25) is 4.98 Å². The number of aromatic nitrogens is 3. The number of nitrogen functional groups attached to an aromatic ring is 1. The lowest BCUT2D eigenvalue weighted by molar-refractivity contribution is 0.432. The van der Waals surface area contributed by atoms with E-state index in [0.717, 1.165) is 0 Å². The van der Waals surface area contributed by atoms with Crippen molar-refractivity contribution in [3.05, 3.63) is 46.6 Å². The third kappa shape index (κ3) is 2.45. The fourth-order valence-corrected chi connectivity index (χ4v) is 2.17. The average molecular weight is 307 g/mol. The van der Waals surface area contributed by atoms with Crippen LogP contribution in [0.3, 0.4) is 0 Å². The summed E-state index contributed by atoms with van der Waals surface area (Å²) in [6.45, 7) is 0. The maximum atomic E-state index is 6.04. The number of nitrogens with two attached hydrogens (primary N) is 1. The summed E-state index contributed by atoms with van der Waals surface area (Å²) in [5.41, 5.74) is 7.35. The van der Waals surface area contributed by atoms with Crippen LogP contribution in [0.1, 0.15) is 0 Å². The Morgan fingerprint density at radius 2 is 2.00 bits per heavy atom.